The summed E-state index contributed by atoms with van der Waals surface area (Å²) in [4.78, 5) is 0. The van der Waals surface area contributed by atoms with Crippen LogP contribution in [0.2, 0.25) is 0 Å². The number of hydrogen-bond acceptors (Lipinski definition) is 1. The van der Waals surface area contributed by atoms with Crippen molar-refractivity contribution in [3.8, 4) is 0 Å². The predicted octanol–water partition coefficient (Wildman–Crippen LogP) is 8.19. The van der Waals surface area contributed by atoms with Gasteiger partial charge in [-0.1, -0.05) is 64.8 Å². The van der Waals surface area contributed by atoms with Crippen molar-refractivity contribution in [1.29, 1.82) is 0 Å². The van der Waals surface area contributed by atoms with E-state index in [0.29, 0.717) is 28.6 Å². The highest BCUT2D eigenvalue weighted by molar-refractivity contribution is 5.28. The van der Waals surface area contributed by atoms with Crippen molar-refractivity contribution in [2.45, 2.75) is 112 Å². The molecule has 3 fully saturated rings. The molecule has 0 heterocycles. The number of allylic oxidation sites excluding steroid dienone is 4. The van der Waals surface area contributed by atoms with Gasteiger partial charge in [-0.15, -0.1) is 0 Å². The fourth-order valence-corrected chi connectivity index (χ4v) is 9.28. The van der Waals surface area contributed by atoms with E-state index in [1.165, 1.54) is 51.4 Å². The van der Waals surface area contributed by atoms with E-state index >= 15 is 0 Å². The minimum absolute atomic E-state index is 0.0773. The van der Waals surface area contributed by atoms with Crippen LogP contribution in [-0.2, 0) is 0 Å². The van der Waals surface area contributed by atoms with Gasteiger partial charge in [0.1, 0.15) is 0 Å². The Morgan fingerprint density at radius 1 is 1.06 bits per heavy atom. The normalized spacial score (nSPS) is 46.2. The molecule has 1 nitrogen and oxygen atoms in total. The van der Waals surface area contributed by atoms with E-state index in [-0.39, 0.29) is 6.10 Å². The first-order valence-corrected chi connectivity index (χ1v) is 13.7. The van der Waals surface area contributed by atoms with Gasteiger partial charge < -0.3 is 5.11 Å². The summed E-state index contributed by atoms with van der Waals surface area (Å²) in [6.45, 7) is 17.1. The summed E-state index contributed by atoms with van der Waals surface area (Å²) in [5.74, 6) is 5.16. The van der Waals surface area contributed by atoms with Crippen molar-refractivity contribution >= 4 is 0 Å². The molecule has 31 heavy (non-hydrogen) atoms. The highest BCUT2D eigenvalue weighted by Crippen LogP contribution is 2.67. The molecule has 3 saturated carbocycles. The Kier molecular flexibility index (Phi) is 6.59. The van der Waals surface area contributed by atoms with E-state index in [0.717, 1.165) is 30.1 Å². The lowest BCUT2D eigenvalue weighted by molar-refractivity contribution is -0.0773. The zero-order chi connectivity index (χ0) is 22.6. The maximum atomic E-state index is 10.5. The molecule has 0 aromatic carbocycles. The summed E-state index contributed by atoms with van der Waals surface area (Å²) in [7, 11) is 0. The van der Waals surface area contributed by atoms with Crippen LogP contribution in [0, 0.1) is 52.3 Å². The third-order valence-electron chi connectivity index (χ3n) is 11.3. The fourth-order valence-electron chi connectivity index (χ4n) is 9.28. The second-order valence-electron chi connectivity index (χ2n) is 12.9. The Balaban J connectivity index is 1.51. The van der Waals surface area contributed by atoms with Crippen molar-refractivity contribution < 1.29 is 5.11 Å². The minimum Gasteiger partial charge on any atom is -0.393 e. The van der Waals surface area contributed by atoms with Crippen molar-refractivity contribution in [2.24, 2.45) is 52.3 Å². The second-order valence-corrected chi connectivity index (χ2v) is 12.9. The quantitative estimate of drug-likeness (QED) is 0.439. The van der Waals surface area contributed by atoms with Gasteiger partial charge in [0.15, 0.2) is 0 Å². The SMILES string of the molecule is C/C=C(/CC[C@@H](C)[C@H]1CC[C@H]2C3=CCC4C(C)C(O)CC[C@]4(C)[C@H]3CC[C@]12C)C(C)C. The Morgan fingerprint density at radius 2 is 1.74 bits per heavy atom. The van der Waals surface area contributed by atoms with Gasteiger partial charge in [-0.05, 0) is 117 Å². The van der Waals surface area contributed by atoms with Crippen LogP contribution in [-0.4, -0.2) is 11.2 Å². The molecule has 176 valence electrons. The van der Waals surface area contributed by atoms with Gasteiger partial charge in [-0.25, -0.2) is 0 Å². The van der Waals surface area contributed by atoms with Crippen molar-refractivity contribution in [3.05, 3.63) is 23.3 Å². The molecule has 3 unspecified atom stereocenters. The van der Waals surface area contributed by atoms with Crippen molar-refractivity contribution in [3.63, 3.8) is 0 Å². The molecule has 0 aromatic rings. The molecule has 4 aliphatic rings. The van der Waals surface area contributed by atoms with E-state index in [9.17, 15) is 5.11 Å². The van der Waals surface area contributed by atoms with E-state index in [1.54, 1.807) is 5.57 Å². The third-order valence-corrected chi connectivity index (χ3v) is 11.3. The molecule has 0 bridgehead atoms. The molecular formula is C30H50O. The molecule has 1 heteroatoms. The van der Waals surface area contributed by atoms with Gasteiger partial charge in [-0.3, -0.25) is 0 Å². The maximum Gasteiger partial charge on any atom is 0.0568 e. The highest BCUT2D eigenvalue weighted by Gasteiger charge is 2.59. The van der Waals surface area contributed by atoms with Crippen LogP contribution in [0.1, 0.15) is 106 Å². The Labute approximate surface area is 193 Å². The first-order chi connectivity index (χ1) is 14.6. The summed E-state index contributed by atoms with van der Waals surface area (Å²) in [5.41, 5.74) is 4.45. The van der Waals surface area contributed by atoms with Crippen LogP contribution >= 0.6 is 0 Å². The molecule has 0 radical (unpaired) electrons. The maximum absolute atomic E-state index is 10.5. The van der Waals surface area contributed by atoms with Gasteiger partial charge in [0.25, 0.3) is 0 Å². The van der Waals surface area contributed by atoms with Crippen molar-refractivity contribution in [1.82, 2.24) is 0 Å². The smallest absolute Gasteiger partial charge is 0.0568 e. The Hall–Kier alpha value is -0.560. The van der Waals surface area contributed by atoms with E-state index in [1.807, 2.05) is 5.57 Å². The second kappa shape index (κ2) is 8.66. The van der Waals surface area contributed by atoms with Crippen LogP contribution in [0.5, 0.6) is 0 Å². The molecule has 0 aliphatic heterocycles. The number of aliphatic hydroxyl groups is 1. The summed E-state index contributed by atoms with van der Waals surface area (Å²) >= 11 is 0. The molecule has 4 aliphatic carbocycles. The molecule has 0 spiro atoms. The minimum atomic E-state index is -0.0773. The molecule has 1 N–H and O–H groups in total. The molecule has 0 saturated heterocycles. The Bertz CT molecular complexity index is 716. The number of rotatable bonds is 5. The molecule has 0 aromatic heterocycles. The summed E-state index contributed by atoms with van der Waals surface area (Å²) in [6, 6.07) is 0. The lowest BCUT2D eigenvalue weighted by Gasteiger charge is -2.59. The standard InChI is InChI=1S/C30H50O/c1-8-22(19(2)3)10-9-20(4)24-13-14-26-23-11-12-25-21(5)28(31)16-18-30(25,7)27(23)15-17-29(24,26)6/h8,11,19-21,24-28,31H,9-10,12-18H2,1-7H3/b22-8-/t20-,21?,24-,25?,26+,27+,28?,29-,30+/m1/s1. The zero-order valence-corrected chi connectivity index (χ0v) is 21.6. The van der Waals surface area contributed by atoms with E-state index in [2.05, 4.69) is 60.6 Å². The first kappa shape index (κ1) is 23.6. The van der Waals surface area contributed by atoms with Crippen LogP contribution in [0.15, 0.2) is 23.3 Å². The first-order valence-electron chi connectivity index (χ1n) is 13.7. The van der Waals surface area contributed by atoms with E-state index in [4.69, 9.17) is 0 Å². The van der Waals surface area contributed by atoms with Gasteiger partial charge in [0, 0.05) is 0 Å². The predicted molar refractivity (Wildman–Crippen MR) is 133 cm³/mol. The molecule has 4 rings (SSSR count). The average molecular weight is 427 g/mol. The summed E-state index contributed by atoms with van der Waals surface area (Å²) in [6.07, 6.45) is 16.8. The van der Waals surface area contributed by atoms with Crippen LogP contribution in [0.25, 0.3) is 0 Å². The third kappa shape index (κ3) is 3.79. The lowest BCUT2D eigenvalue weighted by Crippen LogP contribution is -2.52. The lowest BCUT2D eigenvalue weighted by atomic mass is 9.46. The van der Waals surface area contributed by atoms with Gasteiger partial charge in [0.05, 0.1) is 6.10 Å². The largest absolute Gasteiger partial charge is 0.393 e. The van der Waals surface area contributed by atoms with Crippen LogP contribution < -0.4 is 0 Å². The topological polar surface area (TPSA) is 20.2 Å². The zero-order valence-electron chi connectivity index (χ0n) is 21.6. The average Bonchev–Trinajstić information content (AvgIpc) is 3.08. The van der Waals surface area contributed by atoms with Gasteiger partial charge >= 0.3 is 0 Å². The fraction of sp³-hybridized carbons (Fsp3) is 0.867. The number of hydrogen-bond donors (Lipinski definition) is 1. The Morgan fingerprint density at radius 3 is 2.42 bits per heavy atom. The summed E-state index contributed by atoms with van der Waals surface area (Å²) in [5, 5.41) is 10.5. The van der Waals surface area contributed by atoms with Gasteiger partial charge in [0.2, 0.25) is 0 Å². The molecule has 9 atom stereocenters. The van der Waals surface area contributed by atoms with Gasteiger partial charge in [-0.2, -0.15) is 0 Å². The van der Waals surface area contributed by atoms with E-state index < -0.39 is 0 Å². The molecular weight excluding hydrogens is 376 g/mol. The number of aliphatic hydroxyl groups excluding tert-OH is 1. The highest BCUT2D eigenvalue weighted by atomic mass is 16.3. The number of fused-ring (bicyclic) bond motifs is 5. The molecule has 0 amide bonds. The summed E-state index contributed by atoms with van der Waals surface area (Å²) < 4.78 is 0. The van der Waals surface area contributed by atoms with Crippen LogP contribution in [0.3, 0.4) is 0 Å². The monoisotopic (exact) mass is 426 g/mol. The van der Waals surface area contributed by atoms with Crippen molar-refractivity contribution in [2.75, 3.05) is 0 Å². The van der Waals surface area contributed by atoms with Crippen LogP contribution in [0.4, 0.5) is 0 Å².